The molecule has 1 saturated carbocycles. The van der Waals surface area contributed by atoms with E-state index >= 15 is 0 Å². The van der Waals surface area contributed by atoms with Crippen molar-refractivity contribution >= 4 is 17.7 Å². The Morgan fingerprint density at radius 1 is 1.29 bits per heavy atom. The largest absolute Gasteiger partial charge is 0.342 e. The number of nitrogens with two attached hydrogens (primary N) is 1. The Labute approximate surface area is 128 Å². The van der Waals surface area contributed by atoms with Gasteiger partial charge in [0.15, 0.2) is 5.82 Å². The smallest absolute Gasteiger partial charge is 0.236 e. The van der Waals surface area contributed by atoms with Crippen LogP contribution in [-0.4, -0.2) is 39.8 Å². The van der Waals surface area contributed by atoms with Crippen molar-refractivity contribution in [1.29, 1.82) is 0 Å². The highest BCUT2D eigenvalue weighted by molar-refractivity contribution is 7.99. The van der Waals surface area contributed by atoms with E-state index in [9.17, 15) is 4.79 Å². The van der Waals surface area contributed by atoms with Crippen LogP contribution in [0, 0.1) is 0 Å². The lowest BCUT2D eigenvalue weighted by Crippen LogP contribution is -2.44. The molecule has 0 bridgehead atoms. The quantitative estimate of drug-likeness (QED) is 0.890. The van der Waals surface area contributed by atoms with Crippen LogP contribution in [0.2, 0.25) is 0 Å². The number of amides is 1. The number of likely N-dealkylation sites (tertiary alicyclic amines) is 1. The normalized spacial score (nSPS) is 21.1. The summed E-state index contributed by atoms with van der Waals surface area (Å²) >= 11 is 1.53. The van der Waals surface area contributed by atoms with Crippen molar-refractivity contribution in [3.05, 3.63) is 11.7 Å². The maximum Gasteiger partial charge on any atom is 0.236 e. The molecule has 21 heavy (non-hydrogen) atoms. The minimum absolute atomic E-state index is 0.216. The zero-order valence-corrected chi connectivity index (χ0v) is 13.0. The predicted octanol–water partition coefficient (Wildman–Crippen LogP) is 1.65. The Balaban J connectivity index is 1.44. The summed E-state index contributed by atoms with van der Waals surface area (Å²) in [6.07, 6.45) is 6.46. The molecular formula is C14H22N4O2S. The lowest BCUT2D eigenvalue weighted by atomic mass is 9.77. The van der Waals surface area contributed by atoms with Gasteiger partial charge < -0.3 is 15.2 Å². The van der Waals surface area contributed by atoms with Crippen LogP contribution in [0.4, 0.5) is 0 Å². The van der Waals surface area contributed by atoms with Crippen molar-refractivity contribution in [3.8, 4) is 0 Å². The molecule has 3 rings (SSSR count). The van der Waals surface area contributed by atoms with Crippen LogP contribution in [0.15, 0.2) is 4.52 Å². The fourth-order valence-electron chi connectivity index (χ4n) is 2.76. The first-order valence-corrected chi connectivity index (χ1v) is 8.80. The molecule has 0 radical (unpaired) electrons. The first-order chi connectivity index (χ1) is 10.2. The van der Waals surface area contributed by atoms with Gasteiger partial charge in [0.25, 0.3) is 0 Å². The topological polar surface area (TPSA) is 85.2 Å². The zero-order chi connectivity index (χ0) is 14.7. The van der Waals surface area contributed by atoms with Gasteiger partial charge in [-0.3, -0.25) is 4.79 Å². The molecule has 0 atom stereocenters. The van der Waals surface area contributed by atoms with Crippen molar-refractivity contribution in [2.75, 3.05) is 18.8 Å². The standard InChI is InChI=1S/C14H22N4O2S/c15-14(5-4-6-14)13-16-11(20-17-13)9-21-10-12(19)18-7-2-1-3-8-18/h1-10,15H2. The highest BCUT2D eigenvalue weighted by atomic mass is 32.2. The van der Waals surface area contributed by atoms with E-state index in [4.69, 9.17) is 10.3 Å². The second-order valence-electron chi connectivity index (χ2n) is 5.96. The van der Waals surface area contributed by atoms with E-state index in [2.05, 4.69) is 10.1 Å². The van der Waals surface area contributed by atoms with Gasteiger partial charge in [-0.1, -0.05) is 5.16 Å². The molecule has 1 aliphatic heterocycles. The van der Waals surface area contributed by atoms with Gasteiger partial charge in [0.1, 0.15) is 0 Å². The molecule has 0 unspecified atom stereocenters. The third-order valence-electron chi connectivity index (χ3n) is 4.32. The Bertz CT molecular complexity index is 495. The number of piperidine rings is 1. The van der Waals surface area contributed by atoms with Crippen molar-refractivity contribution in [3.63, 3.8) is 0 Å². The highest BCUT2D eigenvalue weighted by Crippen LogP contribution is 2.37. The van der Waals surface area contributed by atoms with Crippen molar-refractivity contribution in [1.82, 2.24) is 15.0 Å². The van der Waals surface area contributed by atoms with E-state index in [0.29, 0.717) is 23.2 Å². The molecule has 1 aliphatic carbocycles. The first kappa shape index (κ1) is 14.8. The fourth-order valence-corrected chi connectivity index (χ4v) is 3.51. The number of aromatic nitrogens is 2. The summed E-state index contributed by atoms with van der Waals surface area (Å²) in [5.74, 6) is 2.45. The summed E-state index contributed by atoms with van der Waals surface area (Å²) in [5.41, 5.74) is 5.78. The van der Waals surface area contributed by atoms with E-state index in [1.54, 1.807) is 0 Å². The molecule has 2 aliphatic rings. The van der Waals surface area contributed by atoms with E-state index in [-0.39, 0.29) is 11.4 Å². The molecule has 0 spiro atoms. The summed E-state index contributed by atoms with van der Waals surface area (Å²) in [7, 11) is 0. The second-order valence-corrected chi connectivity index (χ2v) is 6.94. The number of hydrogen-bond donors (Lipinski definition) is 1. The van der Waals surface area contributed by atoms with Crippen molar-refractivity contribution < 1.29 is 9.32 Å². The van der Waals surface area contributed by atoms with Crippen molar-refractivity contribution in [2.24, 2.45) is 5.73 Å². The van der Waals surface area contributed by atoms with E-state index in [0.717, 1.165) is 45.2 Å². The molecule has 1 saturated heterocycles. The molecule has 0 aromatic carbocycles. The number of carbonyl (C=O) groups excluding carboxylic acids is 1. The molecule has 2 fully saturated rings. The van der Waals surface area contributed by atoms with Gasteiger partial charge in [-0.15, -0.1) is 11.8 Å². The minimum Gasteiger partial charge on any atom is -0.342 e. The van der Waals surface area contributed by atoms with Crippen LogP contribution < -0.4 is 5.73 Å². The summed E-state index contributed by atoms with van der Waals surface area (Å²) in [5, 5.41) is 3.98. The molecular weight excluding hydrogens is 288 g/mol. The second kappa shape index (κ2) is 6.36. The van der Waals surface area contributed by atoms with Crippen LogP contribution >= 0.6 is 11.8 Å². The number of hydrogen-bond acceptors (Lipinski definition) is 6. The fraction of sp³-hybridized carbons (Fsp3) is 0.786. The lowest BCUT2D eigenvalue weighted by molar-refractivity contribution is -0.129. The van der Waals surface area contributed by atoms with Gasteiger partial charge in [-0.2, -0.15) is 4.98 Å². The molecule has 2 N–H and O–H groups in total. The van der Waals surface area contributed by atoms with E-state index in [1.165, 1.54) is 18.2 Å². The Kier molecular flexibility index (Phi) is 4.49. The van der Waals surface area contributed by atoms with Crippen LogP contribution in [0.3, 0.4) is 0 Å². The van der Waals surface area contributed by atoms with Gasteiger partial charge in [0.2, 0.25) is 11.8 Å². The van der Waals surface area contributed by atoms with Crippen LogP contribution in [0.25, 0.3) is 0 Å². The van der Waals surface area contributed by atoms with E-state index < -0.39 is 0 Å². The molecule has 6 nitrogen and oxygen atoms in total. The number of carbonyl (C=O) groups is 1. The molecule has 1 amide bonds. The molecule has 2 heterocycles. The highest BCUT2D eigenvalue weighted by Gasteiger charge is 2.38. The van der Waals surface area contributed by atoms with Gasteiger partial charge in [-0.25, -0.2) is 0 Å². The van der Waals surface area contributed by atoms with Crippen molar-refractivity contribution in [2.45, 2.75) is 49.8 Å². The van der Waals surface area contributed by atoms with Gasteiger partial charge in [0, 0.05) is 13.1 Å². The lowest BCUT2D eigenvalue weighted by Gasteiger charge is -2.34. The number of thioether (sulfide) groups is 1. The van der Waals surface area contributed by atoms with Crippen LogP contribution in [-0.2, 0) is 16.1 Å². The Hall–Kier alpha value is -1.08. The summed E-state index contributed by atoms with van der Waals surface area (Å²) in [4.78, 5) is 18.3. The van der Waals surface area contributed by atoms with Gasteiger partial charge in [0.05, 0.1) is 17.0 Å². The summed E-state index contributed by atoms with van der Waals surface area (Å²) < 4.78 is 5.23. The third kappa shape index (κ3) is 3.40. The molecule has 1 aromatic rings. The number of rotatable bonds is 5. The zero-order valence-electron chi connectivity index (χ0n) is 12.2. The molecule has 1 aromatic heterocycles. The van der Waals surface area contributed by atoms with Crippen LogP contribution in [0.1, 0.15) is 50.2 Å². The van der Waals surface area contributed by atoms with E-state index in [1.807, 2.05) is 4.90 Å². The molecule has 7 heteroatoms. The first-order valence-electron chi connectivity index (χ1n) is 7.65. The average Bonchev–Trinajstić information content (AvgIpc) is 2.95. The Morgan fingerprint density at radius 3 is 2.71 bits per heavy atom. The predicted molar refractivity (Wildman–Crippen MR) is 80.6 cm³/mol. The third-order valence-corrected chi connectivity index (χ3v) is 5.22. The number of nitrogens with zero attached hydrogens (tertiary/aromatic N) is 3. The average molecular weight is 310 g/mol. The SMILES string of the molecule is NC1(c2noc(CSCC(=O)N3CCCCC3)n2)CCC1. The minimum atomic E-state index is -0.379. The summed E-state index contributed by atoms with van der Waals surface area (Å²) in [6, 6.07) is 0. The van der Waals surface area contributed by atoms with Gasteiger partial charge >= 0.3 is 0 Å². The maximum atomic E-state index is 12.0. The molecule has 116 valence electrons. The monoisotopic (exact) mass is 310 g/mol. The van der Waals surface area contributed by atoms with Crippen LogP contribution in [0.5, 0.6) is 0 Å². The summed E-state index contributed by atoms with van der Waals surface area (Å²) in [6.45, 7) is 1.81. The maximum absolute atomic E-state index is 12.0. The van der Waals surface area contributed by atoms with Gasteiger partial charge in [-0.05, 0) is 38.5 Å². The Morgan fingerprint density at radius 2 is 2.05 bits per heavy atom.